The molecule has 0 heterocycles. The van der Waals surface area contributed by atoms with E-state index in [0.29, 0.717) is 11.8 Å². The van der Waals surface area contributed by atoms with E-state index in [1.54, 1.807) is 5.57 Å². The predicted molar refractivity (Wildman–Crippen MR) is 154 cm³/mol. The van der Waals surface area contributed by atoms with Crippen LogP contribution in [0, 0.1) is 11.8 Å². The minimum absolute atomic E-state index is 0.0428. The Labute approximate surface area is 224 Å². The van der Waals surface area contributed by atoms with Crippen LogP contribution in [0.1, 0.15) is 180 Å². The van der Waals surface area contributed by atoms with Crippen LogP contribution in [0.3, 0.4) is 0 Å². The van der Waals surface area contributed by atoms with Crippen molar-refractivity contribution < 1.29 is 9.53 Å². The van der Waals surface area contributed by atoms with Crippen LogP contribution >= 0.6 is 0 Å². The summed E-state index contributed by atoms with van der Waals surface area (Å²) in [6.07, 6.45) is 35.9. The van der Waals surface area contributed by atoms with E-state index in [9.17, 15) is 4.79 Å². The quantitative estimate of drug-likeness (QED) is 0.283. The van der Waals surface area contributed by atoms with E-state index in [1.165, 1.54) is 161 Å². The molecule has 3 aliphatic rings. The fraction of sp³-hybridized carbons (Fsp3) is 0.912. The van der Waals surface area contributed by atoms with Crippen molar-refractivity contribution in [3.05, 3.63) is 11.1 Å². The first-order chi connectivity index (χ1) is 17.8. The van der Waals surface area contributed by atoms with E-state index in [1.807, 2.05) is 0 Å². The zero-order chi connectivity index (χ0) is 25.3. The van der Waals surface area contributed by atoms with Gasteiger partial charge in [0.1, 0.15) is 6.10 Å². The minimum Gasteiger partial charge on any atom is -0.459 e. The molecule has 0 radical (unpaired) electrons. The number of carbonyl (C=O) groups excluding carboxylic acids is 1. The summed E-state index contributed by atoms with van der Waals surface area (Å²) >= 11 is 0. The molecular formula is C34H60O2. The smallest absolute Gasteiger partial charge is 0.333 e. The number of rotatable bonds is 4. The molecule has 0 saturated heterocycles. The fourth-order valence-corrected chi connectivity index (χ4v) is 7.43. The van der Waals surface area contributed by atoms with E-state index in [2.05, 4.69) is 6.92 Å². The van der Waals surface area contributed by atoms with E-state index in [0.717, 1.165) is 18.4 Å². The van der Waals surface area contributed by atoms with E-state index in [4.69, 9.17) is 4.74 Å². The Hall–Kier alpha value is -0.790. The lowest BCUT2D eigenvalue weighted by Crippen LogP contribution is -2.24. The van der Waals surface area contributed by atoms with Crippen molar-refractivity contribution in [3.8, 4) is 0 Å². The Kier molecular flexibility index (Phi) is 15.3. The second kappa shape index (κ2) is 18.5. The lowest BCUT2D eigenvalue weighted by Gasteiger charge is -2.31. The number of carbonyl (C=O) groups is 1. The van der Waals surface area contributed by atoms with Crippen molar-refractivity contribution in [1.29, 1.82) is 0 Å². The predicted octanol–water partition coefficient (Wildman–Crippen LogP) is 11.0. The molecule has 2 nitrogen and oxygen atoms in total. The molecule has 0 atom stereocenters. The van der Waals surface area contributed by atoms with Gasteiger partial charge in [0.05, 0.1) is 0 Å². The molecule has 3 fully saturated rings. The second-order valence-electron chi connectivity index (χ2n) is 12.7. The summed E-state index contributed by atoms with van der Waals surface area (Å²) < 4.78 is 6.35. The Morgan fingerprint density at radius 2 is 0.722 bits per heavy atom. The number of ether oxygens (including phenoxy) is 1. The maximum atomic E-state index is 13.8. The minimum atomic E-state index is 0.0428. The summed E-state index contributed by atoms with van der Waals surface area (Å²) in [5.74, 6) is 1.25. The molecule has 3 saturated carbocycles. The fourth-order valence-electron chi connectivity index (χ4n) is 7.43. The lowest BCUT2D eigenvalue weighted by molar-refractivity contribution is -0.145. The molecule has 0 unspecified atom stereocenters. The van der Waals surface area contributed by atoms with Crippen LogP contribution in [0.4, 0.5) is 0 Å². The molecule has 2 heteroatoms. The molecule has 3 aliphatic carbocycles. The van der Waals surface area contributed by atoms with Crippen LogP contribution < -0.4 is 0 Å². The van der Waals surface area contributed by atoms with E-state index in [-0.39, 0.29) is 12.1 Å². The third-order valence-electron chi connectivity index (χ3n) is 9.66. The molecule has 0 amide bonds. The molecule has 0 aromatic heterocycles. The van der Waals surface area contributed by atoms with Gasteiger partial charge in [0.15, 0.2) is 0 Å². The number of allylic oxidation sites excluding steroid dienone is 1. The number of esters is 1. The van der Waals surface area contributed by atoms with Gasteiger partial charge < -0.3 is 4.74 Å². The summed E-state index contributed by atoms with van der Waals surface area (Å²) in [6, 6.07) is 0. The second-order valence-corrected chi connectivity index (χ2v) is 12.7. The summed E-state index contributed by atoms with van der Waals surface area (Å²) in [7, 11) is 0. The highest BCUT2D eigenvalue weighted by Crippen LogP contribution is 2.39. The number of hydrogen-bond acceptors (Lipinski definition) is 2. The van der Waals surface area contributed by atoms with Crippen LogP contribution in [0.25, 0.3) is 0 Å². The van der Waals surface area contributed by atoms with Gasteiger partial charge in [-0.2, -0.15) is 0 Å². The third kappa shape index (κ3) is 11.3. The molecular weight excluding hydrogens is 440 g/mol. The zero-order valence-corrected chi connectivity index (χ0v) is 24.1. The summed E-state index contributed by atoms with van der Waals surface area (Å²) in [5.41, 5.74) is 2.58. The maximum Gasteiger partial charge on any atom is 0.333 e. The molecule has 3 rings (SSSR count). The van der Waals surface area contributed by atoms with Gasteiger partial charge in [0, 0.05) is 5.57 Å². The van der Waals surface area contributed by atoms with Gasteiger partial charge in [0.2, 0.25) is 0 Å². The zero-order valence-electron chi connectivity index (χ0n) is 24.1. The van der Waals surface area contributed by atoms with E-state index < -0.39 is 0 Å². The monoisotopic (exact) mass is 500 g/mol. The molecule has 0 aliphatic heterocycles. The first-order valence-corrected chi connectivity index (χ1v) is 16.7. The first kappa shape index (κ1) is 29.8. The van der Waals surface area contributed by atoms with Gasteiger partial charge >= 0.3 is 5.97 Å². The average molecular weight is 501 g/mol. The van der Waals surface area contributed by atoms with Crippen LogP contribution in [0.2, 0.25) is 0 Å². The first-order valence-electron chi connectivity index (χ1n) is 16.7. The van der Waals surface area contributed by atoms with Crippen LogP contribution in [0.5, 0.6) is 0 Å². The van der Waals surface area contributed by atoms with E-state index >= 15 is 0 Å². The van der Waals surface area contributed by atoms with Gasteiger partial charge in [-0.1, -0.05) is 128 Å². The van der Waals surface area contributed by atoms with Crippen molar-refractivity contribution in [3.63, 3.8) is 0 Å². The van der Waals surface area contributed by atoms with Crippen LogP contribution in [-0.2, 0) is 9.53 Å². The van der Waals surface area contributed by atoms with Gasteiger partial charge in [0.25, 0.3) is 0 Å². The van der Waals surface area contributed by atoms with Gasteiger partial charge in [-0.05, 0) is 70.1 Å². The highest BCUT2D eigenvalue weighted by atomic mass is 16.5. The molecule has 0 aromatic rings. The number of hydrogen-bond donors (Lipinski definition) is 0. The van der Waals surface area contributed by atoms with Crippen LogP contribution in [0.15, 0.2) is 11.1 Å². The van der Waals surface area contributed by atoms with Crippen molar-refractivity contribution >= 4 is 5.97 Å². The third-order valence-corrected chi connectivity index (χ3v) is 9.66. The lowest BCUT2D eigenvalue weighted by atomic mass is 9.74. The Balaban J connectivity index is 1.79. The molecule has 0 N–H and O–H groups in total. The van der Waals surface area contributed by atoms with Gasteiger partial charge in [-0.3, -0.25) is 0 Å². The molecule has 0 aromatic carbocycles. The molecule has 208 valence electrons. The Morgan fingerprint density at radius 3 is 1.06 bits per heavy atom. The SMILES string of the molecule is CC(C(=O)OC1CCCCCCCCC1)=C(C1CCCCCCCCC1)C1CCCCCCCCC1. The standard InChI is InChI=1S/C34H60O2/c1-29(34(35)36-32-27-21-15-9-4-10-16-22-28-32)33(30-23-17-11-5-2-6-12-18-24-30)31-25-19-13-7-3-8-14-20-26-31/h30-32H,2-28H2,1H3. The molecule has 0 spiro atoms. The Morgan fingerprint density at radius 1 is 0.444 bits per heavy atom. The summed E-state index contributed by atoms with van der Waals surface area (Å²) in [5, 5.41) is 0. The maximum absolute atomic E-state index is 13.8. The summed E-state index contributed by atoms with van der Waals surface area (Å²) in [6.45, 7) is 2.16. The van der Waals surface area contributed by atoms with Gasteiger partial charge in [-0.15, -0.1) is 0 Å². The Bertz CT molecular complexity index is 563. The highest BCUT2D eigenvalue weighted by Gasteiger charge is 2.28. The van der Waals surface area contributed by atoms with Crippen molar-refractivity contribution in [2.75, 3.05) is 0 Å². The topological polar surface area (TPSA) is 26.3 Å². The molecule has 0 bridgehead atoms. The largest absolute Gasteiger partial charge is 0.459 e. The van der Waals surface area contributed by atoms with Crippen molar-refractivity contribution in [2.45, 2.75) is 186 Å². The molecule has 36 heavy (non-hydrogen) atoms. The van der Waals surface area contributed by atoms with Crippen LogP contribution in [-0.4, -0.2) is 12.1 Å². The normalized spacial score (nSPS) is 24.4. The highest BCUT2D eigenvalue weighted by molar-refractivity contribution is 5.89. The van der Waals surface area contributed by atoms with Crippen molar-refractivity contribution in [2.24, 2.45) is 11.8 Å². The average Bonchev–Trinajstić information content (AvgIpc) is 2.90. The van der Waals surface area contributed by atoms with Crippen molar-refractivity contribution in [1.82, 2.24) is 0 Å². The summed E-state index contributed by atoms with van der Waals surface area (Å²) in [4.78, 5) is 13.8. The van der Waals surface area contributed by atoms with Gasteiger partial charge in [-0.25, -0.2) is 4.79 Å².